The monoisotopic (exact) mass is 255 g/mol. The zero-order valence-electron chi connectivity index (χ0n) is 11.8. The molecule has 0 amide bonds. The van der Waals surface area contributed by atoms with Crippen molar-refractivity contribution in [3.05, 3.63) is 59.7 Å². The van der Waals surface area contributed by atoms with Gasteiger partial charge in [-0.1, -0.05) is 38.1 Å². The second-order valence-corrected chi connectivity index (χ2v) is 4.98. The first-order valence-electron chi connectivity index (χ1n) is 6.66. The third-order valence-electron chi connectivity index (χ3n) is 3.21. The van der Waals surface area contributed by atoms with Gasteiger partial charge < -0.3 is 10.1 Å². The molecule has 2 rings (SSSR count). The Morgan fingerprint density at radius 1 is 1.05 bits per heavy atom. The topological polar surface area (TPSA) is 21.3 Å². The molecule has 2 heteroatoms. The van der Waals surface area contributed by atoms with Crippen LogP contribution in [-0.2, 0) is 6.54 Å². The van der Waals surface area contributed by atoms with E-state index in [1.54, 1.807) is 7.11 Å². The van der Waals surface area contributed by atoms with E-state index in [4.69, 9.17) is 4.74 Å². The van der Waals surface area contributed by atoms with Crippen molar-refractivity contribution in [2.24, 2.45) is 0 Å². The molecule has 0 saturated carbocycles. The minimum atomic E-state index is 0.558. The summed E-state index contributed by atoms with van der Waals surface area (Å²) in [6, 6.07) is 16.7. The summed E-state index contributed by atoms with van der Waals surface area (Å²) in [6.07, 6.45) is 0. The molecule has 19 heavy (non-hydrogen) atoms. The van der Waals surface area contributed by atoms with Gasteiger partial charge in [0.2, 0.25) is 0 Å². The Bertz CT molecular complexity index is 517. The molecular formula is C17H21NO. The van der Waals surface area contributed by atoms with Crippen molar-refractivity contribution in [3.8, 4) is 5.75 Å². The number of rotatable bonds is 5. The highest BCUT2D eigenvalue weighted by molar-refractivity contribution is 5.47. The largest absolute Gasteiger partial charge is 0.497 e. The number of benzene rings is 2. The highest BCUT2D eigenvalue weighted by atomic mass is 16.5. The summed E-state index contributed by atoms with van der Waals surface area (Å²) >= 11 is 0. The zero-order chi connectivity index (χ0) is 13.7. The van der Waals surface area contributed by atoms with Crippen LogP contribution >= 0.6 is 0 Å². The minimum absolute atomic E-state index is 0.558. The standard InChI is InChI=1S/C17H21NO/c1-13(2)15-5-4-6-16(11-15)18-12-14-7-9-17(19-3)10-8-14/h4-11,13,18H,12H2,1-3H3. The van der Waals surface area contributed by atoms with Crippen molar-refractivity contribution >= 4 is 5.69 Å². The number of nitrogens with one attached hydrogen (secondary N) is 1. The van der Waals surface area contributed by atoms with Crippen LogP contribution in [0.1, 0.15) is 30.9 Å². The van der Waals surface area contributed by atoms with Crippen molar-refractivity contribution in [2.75, 3.05) is 12.4 Å². The van der Waals surface area contributed by atoms with Gasteiger partial charge in [-0.15, -0.1) is 0 Å². The van der Waals surface area contributed by atoms with E-state index in [0.717, 1.165) is 12.3 Å². The average Bonchev–Trinajstić information content (AvgIpc) is 2.46. The summed E-state index contributed by atoms with van der Waals surface area (Å²) in [6.45, 7) is 5.25. The SMILES string of the molecule is COc1ccc(CNc2cccc(C(C)C)c2)cc1. The lowest BCUT2D eigenvalue weighted by Gasteiger charge is -2.10. The van der Waals surface area contributed by atoms with Crippen LogP contribution in [0.25, 0.3) is 0 Å². The quantitative estimate of drug-likeness (QED) is 0.853. The summed E-state index contributed by atoms with van der Waals surface area (Å²) in [5.41, 5.74) is 3.78. The Hall–Kier alpha value is -1.96. The van der Waals surface area contributed by atoms with Crippen molar-refractivity contribution in [1.82, 2.24) is 0 Å². The zero-order valence-corrected chi connectivity index (χ0v) is 11.8. The molecule has 0 atom stereocenters. The van der Waals surface area contributed by atoms with E-state index in [9.17, 15) is 0 Å². The molecule has 2 nitrogen and oxygen atoms in total. The number of hydrogen-bond acceptors (Lipinski definition) is 2. The maximum absolute atomic E-state index is 5.15. The molecule has 0 aliphatic carbocycles. The van der Waals surface area contributed by atoms with Gasteiger partial charge in [-0.3, -0.25) is 0 Å². The molecule has 2 aromatic rings. The van der Waals surface area contributed by atoms with E-state index in [1.165, 1.54) is 16.8 Å². The molecule has 0 heterocycles. The fourth-order valence-corrected chi connectivity index (χ4v) is 1.96. The predicted molar refractivity (Wildman–Crippen MR) is 80.9 cm³/mol. The normalized spacial score (nSPS) is 10.5. The molecule has 0 spiro atoms. The molecule has 0 radical (unpaired) electrons. The molecule has 0 bridgehead atoms. The van der Waals surface area contributed by atoms with Crippen molar-refractivity contribution in [1.29, 1.82) is 0 Å². The Morgan fingerprint density at radius 2 is 1.79 bits per heavy atom. The third kappa shape index (κ3) is 3.75. The summed E-state index contributed by atoms with van der Waals surface area (Å²) < 4.78 is 5.15. The second-order valence-electron chi connectivity index (χ2n) is 4.98. The van der Waals surface area contributed by atoms with Gasteiger partial charge in [0.05, 0.1) is 7.11 Å². The molecule has 2 aromatic carbocycles. The van der Waals surface area contributed by atoms with Gasteiger partial charge in [-0.25, -0.2) is 0 Å². The van der Waals surface area contributed by atoms with Crippen LogP contribution in [-0.4, -0.2) is 7.11 Å². The molecule has 0 saturated heterocycles. The van der Waals surface area contributed by atoms with Gasteiger partial charge in [-0.05, 0) is 41.3 Å². The summed E-state index contributed by atoms with van der Waals surface area (Å²) in [4.78, 5) is 0. The smallest absolute Gasteiger partial charge is 0.118 e. The average molecular weight is 255 g/mol. The maximum atomic E-state index is 5.15. The van der Waals surface area contributed by atoms with Gasteiger partial charge >= 0.3 is 0 Å². The predicted octanol–water partition coefficient (Wildman–Crippen LogP) is 4.43. The van der Waals surface area contributed by atoms with Gasteiger partial charge in [-0.2, -0.15) is 0 Å². The van der Waals surface area contributed by atoms with E-state index in [1.807, 2.05) is 12.1 Å². The summed E-state index contributed by atoms with van der Waals surface area (Å²) in [5, 5.41) is 3.45. The van der Waals surface area contributed by atoms with Gasteiger partial charge in [0.1, 0.15) is 5.75 Å². The first-order chi connectivity index (χ1) is 9.19. The number of hydrogen-bond donors (Lipinski definition) is 1. The Balaban J connectivity index is 1.99. The number of methoxy groups -OCH3 is 1. The van der Waals surface area contributed by atoms with E-state index in [-0.39, 0.29) is 0 Å². The number of ether oxygens (including phenoxy) is 1. The highest BCUT2D eigenvalue weighted by Crippen LogP contribution is 2.19. The van der Waals surface area contributed by atoms with Crippen LogP contribution in [0.15, 0.2) is 48.5 Å². The number of anilines is 1. The lowest BCUT2D eigenvalue weighted by molar-refractivity contribution is 0.414. The van der Waals surface area contributed by atoms with Crippen LogP contribution in [0.4, 0.5) is 5.69 Å². The highest BCUT2D eigenvalue weighted by Gasteiger charge is 2.00. The molecule has 0 aliphatic rings. The molecular weight excluding hydrogens is 234 g/mol. The van der Waals surface area contributed by atoms with Crippen molar-refractivity contribution in [2.45, 2.75) is 26.3 Å². The fourth-order valence-electron chi connectivity index (χ4n) is 1.96. The second kappa shape index (κ2) is 6.28. The molecule has 0 unspecified atom stereocenters. The van der Waals surface area contributed by atoms with Gasteiger partial charge in [0.15, 0.2) is 0 Å². The lowest BCUT2D eigenvalue weighted by atomic mass is 10.0. The van der Waals surface area contributed by atoms with Crippen LogP contribution < -0.4 is 10.1 Å². The fraction of sp³-hybridized carbons (Fsp3) is 0.294. The van der Waals surface area contributed by atoms with Crippen molar-refractivity contribution in [3.63, 3.8) is 0 Å². The molecule has 0 aliphatic heterocycles. The minimum Gasteiger partial charge on any atom is -0.497 e. The van der Waals surface area contributed by atoms with Gasteiger partial charge in [0, 0.05) is 12.2 Å². The molecule has 100 valence electrons. The maximum Gasteiger partial charge on any atom is 0.118 e. The first-order valence-corrected chi connectivity index (χ1v) is 6.66. The Labute approximate surface area is 115 Å². The van der Waals surface area contributed by atoms with Crippen LogP contribution in [0.2, 0.25) is 0 Å². The van der Waals surface area contributed by atoms with Crippen LogP contribution in [0.5, 0.6) is 5.75 Å². The lowest BCUT2D eigenvalue weighted by Crippen LogP contribution is -2.00. The Kier molecular flexibility index (Phi) is 4.45. The molecule has 1 N–H and O–H groups in total. The van der Waals surface area contributed by atoms with Gasteiger partial charge in [0.25, 0.3) is 0 Å². The third-order valence-corrected chi connectivity index (χ3v) is 3.21. The van der Waals surface area contributed by atoms with Crippen LogP contribution in [0, 0.1) is 0 Å². The van der Waals surface area contributed by atoms with E-state index < -0.39 is 0 Å². The molecule has 0 fully saturated rings. The van der Waals surface area contributed by atoms with Crippen LogP contribution in [0.3, 0.4) is 0 Å². The van der Waals surface area contributed by atoms with E-state index in [0.29, 0.717) is 5.92 Å². The van der Waals surface area contributed by atoms with E-state index >= 15 is 0 Å². The summed E-state index contributed by atoms with van der Waals surface area (Å²) in [5.74, 6) is 1.45. The van der Waals surface area contributed by atoms with E-state index in [2.05, 4.69) is 55.6 Å². The Morgan fingerprint density at radius 3 is 2.42 bits per heavy atom. The summed E-state index contributed by atoms with van der Waals surface area (Å²) in [7, 11) is 1.69. The molecule has 0 aromatic heterocycles. The van der Waals surface area contributed by atoms with Crippen molar-refractivity contribution < 1.29 is 4.74 Å². The first kappa shape index (κ1) is 13.5.